The summed E-state index contributed by atoms with van der Waals surface area (Å²) in [5, 5.41) is 3.50. The Bertz CT molecular complexity index is 662. The van der Waals surface area contributed by atoms with E-state index in [0.29, 0.717) is 5.56 Å². The number of alkyl halides is 3. The van der Waals surface area contributed by atoms with Gasteiger partial charge in [0.15, 0.2) is 0 Å². The van der Waals surface area contributed by atoms with Crippen LogP contribution in [-0.4, -0.2) is 17.9 Å². The van der Waals surface area contributed by atoms with Crippen molar-refractivity contribution in [1.82, 2.24) is 0 Å². The molecule has 1 heterocycles. The molecule has 0 saturated carbocycles. The lowest BCUT2D eigenvalue weighted by Gasteiger charge is -2.28. The highest BCUT2D eigenvalue weighted by Crippen LogP contribution is 2.44. The third-order valence-electron chi connectivity index (χ3n) is 3.54. The molecular formula is C16H16F3NO2. The maximum Gasteiger partial charge on any atom is 0.475 e. The van der Waals surface area contributed by atoms with Gasteiger partial charge in [-0.3, -0.25) is 0 Å². The van der Waals surface area contributed by atoms with Gasteiger partial charge in [-0.15, -0.1) is 0 Å². The van der Waals surface area contributed by atoms with E-state index in [1.54, 1.807) is 18.2 Å². The molecule has 118 valence electrons. The van der Waals surface area contributed by atoms with Gasteiger partial charge in [-0.1, -0.05) is 24.8 Å². The highest BCUT2D eigenvalue weighted by Gasteiger charge is 2.66. The third-order valence-corrected chi connectivity index (χ3v) is 3.54. The molecule has 22 heavy (non-hydrogen) atoms. The number of halogens is 3. The standard InChI is InChI=1S/C16H16F3NO2/c1-5-13(6-2)15(16(17,18)19)21-14(20-22-15)12-8-7-10(3)11(4)9-12/h5-9H,1H2,2-4H3. The summed E-state index contributed by atoms with van der Waals surface area (Å²) in [6.45, 7) is 8.59. The van der Waals surface area contributed by atoms with E-state index >= 15 is 0 Å². The monoisotopic (exact) mass is 311 g/mol. The lowest BCUT2D eigenvalue weighted by molar-refractivity contribution is -0.322. The molecule has 1 aromatic rings. The number of hydrogen-bond donors (Lipinski definition) is 0. The van der Waals surface area contributed by atoms with Crippen molar-refractivity contribution >= 4 is 5.90 Å². The van der Waals surface area contributed by atoms with Crippen LogP contribution in [0, 0.1) is 13.8 Å². The van der Waals surface area contributed by atoms with Crippen LogP contribution in [0.2, 0.25) is 0 Å². The SMILES string of the molecule is C=CC(=CC)C1(C(F)(F)F)ON=C(c2ccc(C)c(C)c2)O1. The molecule has 2 rings (SSSR count). The predicted molar refractivity (Wildman–Crippen MR) is 77.4 cm³/mol. The van der Waals surface area contributed by atoms with E-state index < -0.39 is 12.0 Å². The topological polar surface area (TPSA) is 30.8 Å². The first-order valence-corrected chi connectivity index (χ1v) is 6.64. The van der Waals surface area contributed by atoms with Crippen LogP contribution in [0.4, 0.5) is 13.2 Å². The second-order valence-electron chi connectivity index (χ2n) is 4.95. The van der Waals surface area contributed by atoms with Gasteiger partial charge in [-0.25, -0.2) is 0 Å². The second-order valence-corrected chi connectivity index (χ2v) is 4.95. The maximum atomic E-state index is 13.5. The normalized spacial score (nSPS) is 21.9. The van der Waals surface area contributed by atoms with Crippen LogP contribution >= 0.6 is 0 Å². The van der Waals surface area contributed by atoms with E-state index in [2.05, 4.69) is 16.6 Å². The van der Waals surface area contributed by atoms with Crippen molar-refractivity contribution in [3.63, 3.8) is 0 Å². The van der Waals surface area contributed by atoms with Gasteiger partial charge in [0.2, 0.25) is 0 Å². The summed E-state index contributed by atoms with van der Waals surface area (Å²) in [5.41, 5.74) is 2.12. The fraction of sp³-hybridized carbons (Fsp3) is 0.312. The van der Waals surface area contributed by atoms with Gasteiger partial charge in [-0.2, -0.15) is 13.2 Å². The fourth-order valence-corrected chi connectivity index (χ4v) is 2.09. The lowest BCUT2D eigenvalue weighted by Crippen LogP contribution is -2.48. The number of aryl methyl sites for hydroxylation is 2. The number of benzene rings is 1. The highest BCUT2D eigenvalue weighted by molar-refractivity contribution is 5.95. The largest absolute Gasteiger partial charge is 0.475 e. The average Bonchev–Trinajstić information content (AvgIpc) is 2.89. The summed E-state index contributed by atoms with van der Waals surface area (Å²) in [6, 6.07) is 5.13. The summed E-state index contributed by atoms with van der Waals surface area (Å²) in [4.78, 5) is 4.69. The maximum absolute atomic E-state index is 13.5. The molecule has 0 N–H and O–H groups in total. The molecule has 0 spiro atoms. The van der Waals surface area contributed by atoms with Crippen LogP contribution in [0.15, 0.2) is 47.7 Å². The minimum atomic E-state index is -4.80. The molecule has 0 radical (unpaired) electrons. The Labute approximate surface area is 126 Å². The zero-order chi connectivity index (χ0) is 16.5. The highest BCUT2D eigenvalue weighted by atomic mass is 19.4. The van der Waals surface area contributed by atoms with Gasteiger partial charge in [0.05, 0.1) is 0 Å². The van der Waals surface area contributed by atoms with Crippen LogP contribution in [0.3, 0.4) is 0 Å². The molecular weight excluding hydrogens is 295 g/mol. The zero-order valence-corrected chi connectivity index (χ0v) is 12.5. The van der Waals surface area contributed by atoms with Gasteiger partial charge in [-0.05, 0) is 49.2 Å². The quantitative estimate of drug-likeness (QED) is 0.775. The lowest BCUT2D eigenvalue weighted by atomic mass is 10.0. The summed E-state index contributed by atoms with van der Waals surface area (Å²) in [5.74, 6) is -3.15. The minimum Gasteiger partial charge on any atom is -0.419 e. The fourth-order valence-electron chi connectivity index (χ4n) is 2.09. The Morgan fingerprint density at radius 1 is 1.27 bits per heavy atom. The van der Waals surface area contributed by atoms with E-state index in [4.69, 9.17) is 4.74 Å². The van der Waals surface area contributed by atoms with Crippen LogP contribution < -0.4 is 0 Å². The average molecular weight is 311 g/mol. The number of rotatable bonds is 3. The number of hydrogen-bond acceptors (Lipinski definition) is 3. The zero-order valence-electron chi connectivity index (χ0n) is 12.5. The van der Waals surface area contributed by atoms with E-state index in [0.717, 1.165) is 17.2 Å². The smallest absolute Gasteiger partial charge is 0.419 e. The summed E-state index contributed by atoms with van der Waals surface area (Å²) < 4.78 is 45.5. The molecule has 0 bridgehead atoms. The van der Waals surface area contributed by atoms with E-state index in [1.807, 2.05) is 13.8 Å². The molecule has 6 heteroatoms. The summed E-state index contributed by atoms with van der Waals surface area (Å²) in [7, 11) is 0. The van der Waals surface area contributed by atoms with Gasteiger partial charge >= 0.3 is 12.0 Å². The van der Waals surface area contributed by atoms with Crippen molar-refractivity contribution in [1.29, 1.82) is 0 Å². The Balaban J connectivity index is 2.42. The molecule has 1 aliphatic rings. The first-order chi connectivity index (χ1) is 10.2. The predicted octanol–water partition coefficient (Wildman–Crippen LogP) is 4.40. The number of ether oxygens (including phenoxy) is 1. The number of allylic oxidation sites excluding steroid dienone is 1. The van der Waals surface area contributed by atoms with E-state index in [9.17, 15) is 13.2 Å². The minimum absolute atomic E-state index is 0.207. The number of oxime groups is 1. The van der Waals surface area contributed by atoms with Gasteiger partial charge in [0.1, 0.15) is 0 Å². The Morgan fingerprint density at radius 3 is 2.45 bits per heavy atom. The molecule has 0 aromatic heterocycles. The van der Waals surface area contributed by atoms with Gasteiger partial charge in [0.25, 0.3) is 5.90 Å². The molecule has 1 aliphatic heterocycles. The van der Waals surface area contributed by atoms with Crippen molar-refractivity contribution in [2.24, 2.45) is 5.16 Å². The third kappa shape index (κ3) is 2.49. The first kappa shape index (κ1) is 16.1. The molecule has 1 atom stereocenters. The first-order valence-electron chi connectivity index (χ1n) is 6.64. The Kier molecular flexibility index (Phi) is 4.04. The second kappa shape index (κ2) is 5.51. The molecule has 1 unspecified atom stereocenters. The van der Waals surface area contributed by atoms with Crippen molar-refractivity contribution in [2.45, 2.75) is 32.7 Å². The van der Waals surface area contributed by atoms with Crippen LogP contribution in [-0.2, 0) is 9.57 Å². The van der Waals surface area contributed by atoms with Gasteiger partial charge < -0.3 is 9.57 Å². The molecule has 0 fully saturated rings. The Hall–Kier alpha value is -2.24. The van der Waals surface area contributed by atoms with Crippen molar-refractivity contribution in [2.75, 3.05) is 0 Å². The summed E-state index contributed by atoms with van der Waals surface area (Å²) >= 11 is 0. The van der Waals surface area contributed by atoms with Crippen LogP contribution in [0.5, 0.6) is 0 Å². The molecule has 0 aliphatic carbocycles. The molecule has 0 amide bonds. The number of nitrogens with zero attached hydrogens (tertiary/aromatic N) is 1. The molecule has 0 saturated heterocycles. The van der Waals surface area contributed by atoms with Gasteiger partial charge in [0, 0.05) is 11.1 Å². The van der Waals surface area contributed by atoms with Crippen LogP contribution in [0.1, 0.15) is 23.6 Å². The van der Waals surface area contributed by atoms with Crippen LogP contribution in [0.25, 0.3) is 0 Å². The van der Waals surface area contributed by atoms with E-state index in [-0.39, 0.29) is 11.5 Å². The summed E-state index contributed by atoms with van der Waals surface area (Å²) in [6.07, 6.45) is -2.51. The molecule has 3 nitrogen and oxygen atoms in total. The van der Waals surface area contributed by atoms with Crippen molar-refractivity contribution in [3.05, 3.63) is 59.2 Å². The van der Waals surface area contributed by atoms with E-state index in [1.165, 1.54) is 13.0 Å². The molecule has 1 aromatic carbocycles. The van der Waals surface area contributed by atoms with Crippen molar-refractivity contribution in [3.8, 4) is 0 Å². The Morgan fingerprint density at radius 2 is 1.95 bits per heavy atom. The van der Waals surface area contributed by atoms with Crippen molar-refractivity contribution < 1.29 is 22.7 Å².